The SMILES string of the molecule is C=C/C=C\C1=CC=C(c2cccc(-c3ccc(N(c4ccc(-c5ccc(C6C=CC=CC=C6)c(-c6ccccc6)c5)cc4)c4ccccc4-c4ccccc4)cc3)c2)CC=C1. The largest absolute Gasteiger partial charge is 0.310 e. The molecule has 2 aliphatic rings. The van der Waals surface area contributed by atoms with Crippen LogP contribution >= 0.6 is 0 Å². The molecule has 0 spiro atoms. The number of rotatable bonds is 11. The number of hydrogen-bond acceptors (Lipinski definition) is 1. The molecule has 0 atom stereocenters. The summed E-state index contributed by atoms with van der Waals surface area (Å²) < 4.78 is 0. The van der Waals surface area contributed by atoms with E-state index in [-0.39, 0.29) is 5.92 Å². The van der Waals surface area contributed by atoms with Crippen molar-refractivity contribution < 1.29 is 0 Å². The van der Waals surface area contributed by atoms with Gasteiger partial charge in [0.15, 0.2) is 0 Å². The van der Waals surface area contributed by atoms with E-state index in [1.165, 1.54) is 66.8 Å². The number of para-hydroxylation sites is 1. The highest BCUT2D eigenvalue weighted by Gasteiger charge is 2.19. The summed E-state index contributed by atoms with van der Waals surface area (Å²) in [6.45, 7) is 3.81. The van der Waals surface area contributed by atoms with Crippen LogP contribution in [-0.4, -0.2) is 0 Å². The smallest absolute Gasteiger partial charge is 0.0540 e. The molecule has 0 saturated heterocycles. The Hall–Kier alpha value is -7.74. The normalized spacial score (nSPS) is 13.7. The van der Waals surface area contributed by atoms with Crippen LogP contribution in [0, 0.1) is 0 Å². The summed E-state index contributed by atoms with van der Waals surface area (Å²) in [5.41, 5.74) is 17.8. The minimum absolute atomic E-state index is 0.197. The van der Waals surface area contributed by atoms with Crippen molar-refractivity contribution in [3.8, 4) is 44.5 Å². The molecule has 61 heavy (non-hydrogen) atoms. The highest BCUT2D eigenvalue weighted by Crippen LogP contribution is 2.43. The van der Waals surface area contributed by atoms with Crippen molar-refractivity contribution in [2.75, 3.05) is 4.90 Å². The lowest BCUT2D eigenvalue weighted by Gasteiger charge is -2.28. The van der Waals surface area contributed by atoms with E-state index >= 15 is 0 Å². The van der Waals surface area contributed by atoms with Crippen LogP contribution in [0.2, 0.25) is 0 Å². The Balaban J connectivity index is 1.08. The molecule has 292 valence electrons. The van der Waals surface area contributed by atoms with Crippen molar-refractivity contribution in [2.45, 2.75) is 12.3 Å². The summed E-state index contributed by atoms with van der Waals surface area (Å²) in [5, 5.41) is 0. The Morgan fingerprint density at radius 1 is 0.475 bits per heavy atom. The van der Waals surface area contributed by atoms with Crippen molar-refractivity contribution in [3.05, 3.63) is 278 Å². The van der Waals surface area contributed by atoms with E-state index < -0.39 is 0 Å². The number of nitrogens with zero attached hydrogens (tertiary/aromatic N) is 1. The quantitative estimate of drug-likeness (QED) is 0.118. The molecular weight excluding hydrogens is 735 g/mol. The van der Waals surface area contributed by atoms with E-state index in [0.29, 0.717) is 0 Å². The summed E-state index contributed by atoms with van der Waals surface area (Å²) in [7, 11) is 0. The lowest BCUT2D eigenvalue weighted by atomic mass is 9.87. The molecule has 1 heteroatoms. The zero-order valence-corrected chi connectivity index (χ0v) is 34.2. The molecule has 0 N–H and O–H groups in total. The highest BCUT2D eigenvalue weighted by molar-refractivity contribution is 5.89. The molecule has 0 amide bonds. The first kappa shape index (κ1) is 38.8. The maximum Gasteiger partial charge on any atom is 0.0540 e. The van der Waals surface area contributed by atoms with Gasteiger partial charge in [-0.15, -0.1) is 0 Å². The fraction of sp³-hybridized carbons (Fsp3) is 0.0333. The second-order valence-electron chi connectivity index (χ2n) is 15.3. The van der Waals surface area contributed by atoms with Gasteiger partial charge in [0, 0.05) is 22.9 Å². The first-order chi connectivity index (χ1) is 30.2. The molecule has 0 saturated carbocycles. The molecule has 0 aliphatic heterocycles. The molecule has 9 rings (SSSR count). The predicted molar refractivity (Wildman–Crippen MR) is 262 cm³/mol. The molecule has 0 aromatic heterocycles. The summed E-state index contributed by atoms with van der Waals surface area (Å²) in [6, 6.07) is 64.0. The third kappa shape index (κ3) is 8.83. The highest BCUT2D eigenvalue weighted by atomic mass is 15.1. The van der Waals surface area contributed by atoms with E-state index in [1.807, 2.05) is 12.2 Å². The topological polar surface area (TPSA) is 3.24 Å². The predicted octanol–water partition coefficient (Wildman–Crippen LogP) is 16.6. The van der Waals surface area contributed by atoms with Crippen molar-refractivity contribution in [3.63, 3.8) is 0 Å². The van der Waals surface area contributed by atoms with Gasteiger partial charge >= 0.3 is 0 Å². The van der Waals surface area contributed by atoms with E-state index in [9.17, 15) is 0 Å². The van der Waals surface area contributed by atoms with Gasteiger partial charge in [0.25, 0.3) is 0 Å². The van der Waals surface area contributed by atoms with Crippen molar-refractivity contribution >= 4 is 22.6 Å². The van der Waals surface area contributed by atoms with E-state index in [4.69, 9.17) is 0 Å². The number of anilines is 3. The van der Waals surface area contributed by atoms with Gasteiger partial charge < -0.3 is 4.90 Å². The zero-order chi connectivity index (χ0) is 41.2. The Morgan fingerprint density at radius 3 is 1.72 bits per heavy atom. The first-order valence-electron chi connectivity index (χ1n) is 21.1. The third-order valence-corrected chi connectivity index (χ3v) is 11.4. The van der Waals surface area contributed by atoms with Crippen LogP contribution in [0.25, 0.3) is 50.1 Å². The lowest BCUT2D eigenvalue weighted by molar-refractivity contribution is 1.09. The summed E-state index contributed by atoms with van der Waals surface area (Å²) in [6.07, 6.45) is 28.6. The van der Waals surface area contributed by atoms with E-state index in [2.05, 4.69) is 254 Å². The van der Waals surface area contributed by atoms with E-state index in [0.717, 1.165) is 23.5 Å². The Bertz CT molecular complexity index is 2850. The molecule has 0 fully saturated rings. The molecule has 7 aromatic rings. The number of benzene rings is 7. The van der Waals surface area contributed by atoms with Crippen LogP contribution in [0.3, 0.4) is 0 Å². The van der Waals surface area contributed by atoms with Gasteiger partial charge in [-0.25, -0.2) is 0 Å². The molecular formula is C60H47N. The van der Waals surface area contributed by atoms with Gasteiger partial charge in [-0.05, 0) is 110 Å². The first-order valence-corrected chi connectivity index (χ1v) is 21.1. The number of hydrogen-bond donors (Lipinski definition) is 0. The molecule has 2 aliphatic carbocycles. The molecule has 0 radical (unpaired) electrons. The fourth-order valence-electron chi connectivity index (χ4n) is 8.27. The standard InChI is InChI=1S/C60H47N/c1-2-3-18-45-19-16-26-46(32-31-45)52-27-17-28-53(43-52)47-33-38-55(39-34-47)61(60-30-15-14-29-58(60)50-22-10-6-11-23-50)56-40-35-48(36-41-56)54-37-42-57(49-20-8-4-5-9-21-49)59(44-54)51-24-12-7-13-25-51/h2-25,27-44,49H,1,26H2/b18-3-. The maximum atomic E-state index is 3.81. The second-order valence-corrected chi connectivity index (χ2v) is 15.3. The Morgan fingerprint density at radius 2 is 1.05 bits per heavy atom. The molecule has 0 heterocycles. The van der Waals surface area contributed by atoms with Crippen LogP contribution in [0.4, 0.5) is 17.1 Å². The average Bonchev–Trinajstić information content (AvgIpc) is 3.76. The lowest BCUT2D eigenvalue weighted by Crippen LogP contribution is -2.11. The van der Waals surface area contributed by atoms with Crippen molar-refractivity contribution in [2.24, 2.45) is 0 Å². The summed E-state index contributed by atoms with van der Waals surface area (Å²) in [4.78, 5) is 2.39. The Kier molecular flexibility index (Phi) is 11.7. The minimum Gasteiger partial charge on any atom is -0.310 e. The fourth-order valence-corrected chi connectivity index (χ4v) is 8.27. The van der Waals surface area contributed by atoms with Crippen LogP contribution < -0.4 is 4.90 Å². The van der Waals surface area contributed by atoms with E-state index in [1.54, 1.807) is 0 Å². The van der Waals surface area contributed by atoms with Crippen LogP contribution in [0.15, 0.2) is 267 Å². The number of allylic oxidation sites excluding steroid dienone is 15. The van der Waals surface area contributed by atoms with Crippen LogP contribution in [-0.2, 0) is 0 Å². The minimum atomic E-state index is 0.197. The van der Waals surface area contributed by atoms with Crippen molar-refractivity contribution in [1.82, 2.24) is 0 Å². The molecule has 0 unspecified atom stereocenters. The maximum absolute atomic E-state index is 3.81. The molecule has 7 aromatic carbocycles. The van der Waals surface area contributed by atoms with Gasteiger partial charge in [-0.3, -0.25) is 0 Å². The van der Waals surface area contributed by atoms with Gasteiger partial charge in [0.1, 0.15) is 0 Å². The third-order valence-electron chi connectivity index (χ3n) is 11.4. The monoisotopic (exact) mass is 781 g/mol. The van der Waals surface area contributed by atoms with Crippen molar-refractivity contribution in [1.29, 1.82) is 0 Å². The van der Waals surface area contributed by atoms with Gasteiger partial charge in [-0.2, -0.15) is 0 Å². The van der Waals surface area contributed by atoms with Crippen LogP contribution in [0.1, 0.15) is 23.5 Å². The summed E-state index contributed by atoms with van der Waals surface area (Å²) in [5.74, 6) is 0.197. The van der Waals surface area contributed by atoms with Gasteiger partial charge in [0.05, 0.1) is 5.69 Å². The second kappa shape index (κ2) is 18.5. The Labute approximate surface area is 361 Å². The average molecular weight is 782 g/mol. The summed E-state index contributed by atoms with van der Waals surface area (Å²) >= 11 is 0. The molecule has 1 nitrogen and oxygen atoms in total. The van der Waals surface area contributed by atoms with Gasteiger partial charge in [-0.1, -0.05) is 219 Å². The van der Waals surface area contributed by atoms with Crippen LogP contribution in [0.5, 0.6) is 0 Å². The zero-order valence-electron chi connectivity index (χ0n) is 34.2. The molecule has 0 bridgehead atoms. The van der Waals surface area contributed by atoms with Gasteiger partial charge in [0.2, 0.25) is 0 Å².